The number of carbonyl (C=O) groups excluding carboxylic acids is 1. The summed E-state index contributed by atoms with van der Waals surface area (Å²) in [4.78, 5) is 25.2. The lowest BCUT2D eigenvalue weighted by atomic mass is 9.94. The number of carbonyl (C=O) groups is 1. The molecule has 0 saturated carbocycles. The standard InChI is InChI=1S/C28H32N2O7S.2O3S/c1-28(2,3)37-36-17-29-20-5-4-14-30(15-20)25(31)16-35-23-12-8-18-6-7-19-9-13-24(38(32,33)34)22-11-10-21(23)26(18)27(19)22;2*1-4(2)3/h6-13,20,29H,4-5,14-17H2,1-3H3,(H,32,33,34);;. The number of hydrogen-bond donors (Lipinski definition) is 2. The van der Waals surface area contributed by atoms with E-state index in [-0.39, 0.29) is 30.2 Å². The van der Waals surface area contributed by atoms with Crippen molar-refractivity contribution in [3.63, 3.8) is 0 Å². The molecule has 1 unspecified atom stereocenters. The van der Waals surface area contributed by atoms with E-state index < -0.39 is 36.9 Å². The van der Waals surface area contributed by atoms with Crippen LogP contribution in [0.5, 0.6) is 5.75 Å². The summed E-state index contributed by atoms with van der Waals surface area (Å²) in [5, 5.41) is 7.81. The highest BCUT2D eigenvalue weighted by atomic mass is 32.2. The van der Waals surface area contributed by atoms with Crippen molar-refractivity contribution in [1.82, 2.24) is 10.2 Å². The zero-order chi connectivity index (χ0) is 34.2. The van der Waals surface area contributed by atoms with Gasteiger partial charge < -0.3 is 9.64 Å². The van der Waals surface area contributed by atoms with Gasteiger partial charge in [0.05, 0.1) is 5.60 Å². The van der Waals surface area contributed by atoms with Crippen LogP contribution in [0.4, 0.5) is 0 Å². The number of benzene rings is 4. The number of nitrogens with zero attached hydrogens (tertiary/aromatic N) is 1. The van der Waals surface area contributed by atoms with Crippen LogP contribution in [0, 0.1) is 0 Å². The van der Waals surface area contributed by atoms with Gasteiger partial charge in [0.25, 0.3) is 16.0 Å². The van der Waals surface area contributed by atoms with Crippen LogP contribution in [0.25, 0.3) is 32.3 Å². The summed E-state index contributed by atoms with van der Waals surface area (Å²) < 4.78 is 90.4. The van der Waals surface area contributed by atoms with Gasteiger partial charge in [-0.1, -0.05) is 30.3 Å². The SMILES string of the molecule is CC(C)(C)OOCNC1CCCN(C(=O)COc2ccc3ccc4ccc(S(=O)(=O)O)c5ccc2c3c45)C1.O=S(=O)=O.O=S(=O)=O. The van der Waals surface area contributed by atoms with Crippen LogP contribution in [0.1, 0.15) is 33.6 Å². The van der Waals surface area contributed by atoms with E-state index in [4.69, 9.17) is 39.8 Å². The Morgan fingerprint density at radius 3 is 2.04 bits per heavy atom. The van der Waals surface area contributed by atoms with E-state index in [0.29, 0.717) is 24.2 Å². The Hall–Kier alpha value is -3.78. The van der Waals surface area contributed by atoms with Crippen LogP contribution in [0.15, 0.2) is 53.4 Å². The molecule has 0 aromatic heterocycles. The fourth-order valence-electron chi connectivity index (χ4n) is 5.06. The zero-order valence-electron chi connectivity index (χ0n) is 25.0. The van der Waals surface area contributed by atoms with Crippen LogP contribution in [0.2, 0.25) is 0 Å². The molecule has 0 aliphatic carbocycles. The molecule has 0 bridgehead atoms. The molecule has 5 rings (SSSR count). The van der Waals surface area contributed by atoms with E-state index in [9.17, 15) is 17.8 Å². The van der Waals surface area contributed by atoms with Gasteiger partial charge in [0, 0.05) is 35.3 Å². The van der Waals surface area contributed by atoms with Gasteiger partial charge in [-0.05, 0) is 68.0 Å². The third kappa shape index (κ3) is 10.4. The monoisotopic (exact) mass is 700 g/mol. The minimum atomic E-state index is -4.39. The molecule has 1 aliphatic heterocycles. The molecule has 1 aliphatic rings. The van der Waals surface area contributed by atoms with E-state index in [1.54, 1.807) is 23.1 Å². The number of nitrogens with one attached hydrogen (secondary N) is 1. The van der Waals surface area contributed by atoms with Crippen molar-refractivity contribution >= 4 is 69.6 Å². The highest BCUT2D eigenvalue weighted by molar-refractivity contribution is 7.86. The maximum atomic E-state index is 13.0. The fourth-order valence-corrected chi connectivity index (χ4v) is 5.75. The lowest BCUT2D eigenvalue weighted by Gasteiger charge is -2.33. The first-order valence-corrected chi connectivity index (χ1v) is 17.1. The van der Waals surface area contributed by atoms with E-state index in [1.165, 1.54) is 6.07 Å². The number of ether oxygens (including phenoxy) is 1. The lowest BCUT2D eigenvalue weighted by Crippen LogP contribution is -2.49. The number of amides is 1. The third-order valence-electron chi connectivity index (χ3n) is 6.73. The zero-order valence-corrected chi connectivity index (χ0v) is 27.4. The van der Waals surface area contributed by atoms with Gasteiger partial charge in [0.1, 0.15) is 17.4 Å². The third-order valence-corrected chi connectivity index (χ3v) is 7.64. The molecule has 0 spiro atoms. The second-order valence-electron chi connectivity index (χ2n) is 11.1. The van der Waals surface area contributed by atoms with Gasteiger partial charge in [0.2, 0.25) is 0 Å². The minimum absolute atomic E-state index is 0.0998. The van der Waals surface area contributed by atoms with Crippen molar-refractivity contribution in [3.05, 3.63) is 48.5 Å². The van der Waals surface area contributed by atoms with Crippen molar-refractivity contribution in [2.75, 3.05) is 26.4 Å². The normalized spacial score (nSPS) is 15.1. The van der Waals surface area contributed by atoms with Crippen LogP contribution in [-0.2, 0) is 45.9 Å². The molecule has 15 nitrogen and oxygen atoms in total. The predicted molar refractivity (Wildman–Crippen MR) is 164 cm³/mol. The average molecular weight is 701 g/mol. The molecular formula is C28H32N2O13S3. The van der Waals surface area contributed by atoms with Crippen molar-refractivity contribution in [1.29, 1.82) is 0 Å². The second kappa shape index (κ2) is 15.7. The molecule has 46 heavy (non-hydrogen) atoms. The van der Waals surface area contributed by atoms with Crippen LogP contribution < -0.4 is 10.1 Å². The smallest absolute Gasteiger partial charge is 0.425 e. The van der Waals surface area contributed by atoms with Crippen LogP contribution in [0.3, 0.4) is 0 Å². The topological polar surface area (TPSA) is 217 Å². The second-order valence-corrected chi connectivity index (χ2v) is 13.3. The van der Waals surface area contributed by atoms with Gasteiger partial charge in [0.15, 0.2) is 6.61 Å². The summed E-state index contributed by atoms with van der Waals surface area (Å²) in [5.41, 5.74) is -0.391. The quantitative estimate of drug-likeness (QED) is 0.0674. The summed E-state index contributed by atoms with van der Waals surface area (Å²) in [6.07, 6.45) is 1.81. The Balaban J connectivity index is 0.000000647. The molecule has 4 aromatic rings. The molecule has 2 N–H and O–H groups in total. The van der Waals surface area contributed by atoms with Crippen LogP contribution >= 0.6 is 0 Å². The highest BCUT2D eigenvalue weighted by Gasteiger charge is 2.25. The molecule has 250 valence electrons. The Morgan fingerprint density at radius 2 is 1.46 bits per heavy atom. The summed E-state index contributed by atoms with van der Waals surface area (Å²) in [6.45, 7) is 7.07. The molecule has 1 amide bonds. The van der Waals surface area contributed by atoms with Crippen molar-refractivity contribution in [3.8, 4) is 5.75 Å². The van der Waals surface area contributed by atoms with Gasteiger partial charge in [-0.2, -0.15) is 8.42 Å². The van der Waals surface area contributed by atoms with E-state index in [2.05, 4.69) is 5.32 Å². The minimum Gasteiger partial charge on any atom is -0.483 e. The summed E-state index contributed by atoms with van der Waals surface area (Å²) in [6, 6.07) is 14.2. The molecule has 18 heteroatoms. The maximum absolute atomic E-state index is 13.0. The molecule has 1 saturated heterocycles. The first-order chi connectivity index (χ1) is 21.5. The van der Waals surface area contributed by atoms with Gasteiger partial charge in [-0.15, -0.1) is 25.3 Å². The summed E-state index contributed by atoms with van der Waals surface area (Å²) in [5.74, 6) is 0.430. The Bertz CT molecular complexity index is 1990. The Kier molecular flexibility index (Phi) is 12.5. The summed E-state index contributed by atoms with van der Waals surface area (Å²) in [7, 11) is -10.6. The summed E-state index contributed by atoms with van der Waals surface area (Å²) >= 11 is 0. The molecule has 1 fully saturated rings. The largest absolute Gasteiger partial charge is 0.483 e. The Morgan fingerprint density at radius 1 is 0.913 bits per heavy atom. The van der Waals surface area contributed by atoms with Gasteiger partial charge >= 0.3 is 21.2 Å². The first kappa shape index (κ1) is 36.7. The molecular weight excluding hydrogens is 669 g/mol. The van der Waals surface area contributed by atoms with E-state index >= 15 is 0 Å². The maximum Gasteiger partial charge on any atom is 0.425 e. The molecule has 1 atom stereocenters. The van der Waals surface area contributed by atoms with Crippen molar-refractivity contribution in [2.45, 2.75) is 50.2 Å². The highest BCUT2D eigenvalue weighted by Crippen LogP contribution is 2.40. The van der Waals surface area contributed by atoms with Crippen LogP contribution in [-0.4, -0.2) is 87.1 Å². The van der Waals surface area contributed by atoms with Gasteiger partial charge in [-0.3, -0.25) is 14.7 Å². The average Bonchev–Trinajstić information content (AvgIpc) is 2.95. The predicted octanol–water partition coefficient (Wildman–Crippen LogP) is 2.49. The fraction of sp³-hybridized carbons (Fsp3) is 0.393. The Labute approximate surface area is 267 Å². The number of rotatable bonds is 8. The first-order valence-electron chi connectivity index (χ1n) is 13.6. The van der Waals surface area contributed by atoms with Crippen molar-refractivity contribution < 1.29 is 57.5 Å². The van der Waals surface area contributed by atoms with Gasteiger partial charge in [-0.25, -0.2) is 9.78 Å². The number of hydrogen-bond acceptors (Lipinski definition) is 13. The van der Waals surface area contributed by atoms with E-state index in [1.807, 2.05) is 45.0 Å². The number of piperidine rings is 1. The molecule has 4 aromatic carbocycles. The molecule has 0 radical (unpaired) electrons. The lowest BCUT2D eigenvalue weighted by molar-refractivity contribution is -0.352. The number of likely N-dealkylation sites (tertiary alicyclic amines) is 1. The van der Waals surface area contributed by atoms with E-state index in [0.717, 1.165) is 39.8 Å². The van der Waals surface area contributed by atoms with Crippen molar-refractivity contribution in [2.24, 2.45) is 0 Å². The molecule has 1 heterocycles.